The smallest absolute Gasteiger partial charge is 0.347 e. The molecule has 7 fully saturated rings. The normalized spacial score (nSPS) is 30.4. The van der Waals surface area contributed by atoms with Gasteiger partial charge in [-0.1, -0.05) is 91.9 Å². The van der Waals surface area contributed by atoms with E-state index in [1.807, 2.05) is 20.8 Å². The lowest BCUT2D eigenvalue weighted by Gasteiger charge is -2.45. The van der Waals surface area contributed by atoms with Crippen molar-refractivity contribution < 1.29 is 84.3 Å². The van der Waals surface area contributed by atoms with Gasteiger partial charge >= 0.3 is 6.18 Å². The second-order valence-corrected chi connectivity index (χ2v) is 33.5. The third kappa shape index (κ3) is 21.4. The Balaban J connectivity index is 1.33. The quantitative estimate of drug-likeness (QED) is 0.137. The number of piperidine rings is 1. The van der Waals surface area contributed by atoms with Crippen molar-refractivity contribution >= 4 is 88.4 Å². The van der Waals surface area contributed by atoms with Crippen LogP contribution >= 0.6 is 11.6 Å². The number of likely N-dealkylation sites (tertiary alicyclic amines) is 1. The van der Waals surface area contributed by atoms with E-state index in [1.54, 1.807) is 6.92 Å². The van der Waals surface area contributed by atoms with Gasteiger partial charge in [-0.2, -0.15) is 13.2 Å². The monoisotopic (exact) mass is 1550 g/mol. The van der Waals surface area contributed by atoms with Crippen LogP contribution in [0.5, 0.6) is 0 Å². The molecule has 108 heavy (non-hydrogen) atoms. The number of alkyl halides is 6. The zero-order valence-corrected chi connectivity index (χ0v) is 66.8. The van der Waals surface area contributed by atoms with Crippen LogP contribution in [0.25, 0.3) is 0 Å². The minimum Gasteiger partial charge on any atom is -0.347 e. The van der Waals surface area contributed by atoms with E-state index in [9.17, 15) is 60.3 Å². The molecule has 13 atom stereocenters. The highest BCUT2D eigenvalue weighted by molar-refractivity contribution is 6.21. The largest absolute Gasteiger partial charge is 0.393 e. The first kappa shape index (κ1) is 88.3. The predicted octanol–water partition coefficient (Wildman–Crippen LogP) is 6.18. The highest BCUT2D eigenvalue weighted by Gasteiger charge is 2.53. The van der Waals surface area contributed by atoms with Gasteiger partial charge in [0.2, 0.25) is 76.8 Å². The molecule has 3 N–H and O–H groups in total. The number of carbonyl (C=O) groups excluding carboxylic acids is 13. The third-order valence-corrected chi connectivity index (χ3v) is 25.2. The number of hydrogen-bond acceptors (Lipinski definition) is 13. The number of nitrogens with zero attached hydrogens (tertiary/aromatic N) is 10. The molecule has 13 amide bonds. The number of halogens is 6. The summed E-state index contributed by atoms with van der Waals surface area (Å²) >= 11 is 6.43. The minimum absolute atomic E-state index is 0.00805. The fraction of sp³-hybridized carbons (Fsp3) is 0.829. The molecule has 32 heteroatoms. The maximum Gasteiger partial charge on any atom is 0.393 e. The highest BCUT2D eigenvalue weighted by Crippen LogP contribution is 2.44. The summed E-state index contributed by atoms with van der Waals surface area (Å²) in [5.74, 6) is -16.5. The van der Waals surface area contributed by atoms with Gasteiger partial charge in [-0.15, -0.1) is 11.6 Å². The van der Waals surface area contributed by atoms with Crippen LogP contribution in [0.3, 0.4) is 0 Å². The van der Waals surface area contributed by atoms with E-state index in [-0.39, 0.29) is 82.6 Å². The van der Waals surface area contributed by atoms with Crippen LogP contribution in [0.2, 0.25) is 0 Å². The molecule has 7 rings (SSSR count). The van der Waals surface area contributed by atoms with Crippen LogP contribution in [0.1, 0.15) is 202 Å². The summed E-state index contributed by atoms with van der Waals surface area (Å²) in [6, 6.07) is -12.3. The van der Waals surface area contributed by atoms with Gasteiger partial charge in [0.15, 0.2) is 0 Å². The predicted molar refractivity (Wildman–Crippen MR) is 392 cm³/mol. The molecular weight excluding hydrogens is 1430 g/mol. The number of likely N-dealkylation sites (N-methyl/N-ethyl adjacent to an activating group) is 8. The molecule has 7 aliphatic rings. The Morgan fingerprint density at radius 1 is 0.620 bits per heavy atom. The summed E-state index contributed by atoms with van der Waals surface area (Å²) in [6.07, 6.45) is -0.198. The Bertz CT molecular complexity index is 3230. The van der Waals surface area contributed by atoms with E-state index in [2.05, 4.69) is 16.0 Å². The van der Waals surface area contributed by atoms with Gasteiger partial charge in [-0.05, 0) is 114 Å². The molecule has 4 saturated carbocycles. The van der Waals surface area contributed by atoms with Crippen LogP contribution in [-0.4, -0.2) is 293 Å². The van der Waals surface area contributed by atoms with Crippen molar-refractivity contribution in [2.45, 2.75) is 279 Å². The molecule has 4 aliphatic carbocycles. The average molecular weight is 1560 g/mol. The average Bonchev–Trinajstić information content (AvgIpc) is 1.75. The molecule has 3 heterocycles. The van der Waals surface area contributed by atoms with Crippen molar-refractivity contribution in [2.75, 3.05) is 89.6 Å². The summed E-state index contributed by atoms with van der Waals surface area (Å²) < 4.78 is 71.8. The molecule has 0 aromatic carbocycles. The fourth-order valence-corrected chi connectivity index (χ4v) is 17.7. The molecule has 0 bridgehead atoms. The van der Waals surface area contributed by atoms with Crippen LogP contribution in [0, 0.1) is 35.5 Å². The van der Waals surface area contributed by atoms with E-state index in [4.69, 9.17) is 11.6 Å². The summed E-state index contributed by atoms with van der Waals surface area (Å²) in [5.41, 5.74) is -1.83. The second-order valence-electron chi connectivity index (χ2n) is 32.9. The van der Waals surface area contributed by atoms with Crippen molar-refractivity contribution in [3.05, 3.63) is 0 Å². The number of rotatable bonds is 13. The van der Waals surface area contributed by atoms with Gasteiger partial charge in [0, 0.05) is 101 Å². The maximum atomic E-state index is 15.8. The van der Waals surface area contributed by atoms with Gasteiger partial charge in [-0.25, -0.2) is 8.78 Å². The number of carbonyl (C=O) groups is 13. The molecule has 0 aromatic heterocycles. The van der Waals surface area contributed by atoms with Gasteiger partial charge < -0.3 is 64.9 Å². The molecule has 3 unspecified atom stereocenters. The number of hydrogen-bond donors (Lipinski definition) is 3. The van der Waals surface area contributed by atoms with Crippen LogP contribution in [0.15, 0.2) is 0 Å². The lowest BCUT2D eigenvalue weighted by molar-refractivity contribution is -0.182. The third-order valence-electron chi connectivity index (χ3n) is 24.8. The molecular formula is C76H121ClF5N13O13. The fourth-order valence-electron chi connectivity index (χ4n) is 17.2. The summed E-state index contributed by atoms with van der Waals surface area (Å²) in [5, 5.41) is 7.22. The summed E-state index contributed by atoms with van der Waals surface area (Å²) in [4.78, 5) is 208. The van der Waals surface area contributed by atoms with Gasteiger partial charge in [0.1, 0.15) is 59.9 Å². The van der Waals surface area contributed by atoms with E-state index in [0.717, 1.165) is 51.7 Å². The first-order chi connectivity index (χ1) is 50.6. The highest BCUT2D eigenvalue weighted by atomic mass is 35.5. The van der Waals surface area contributed by atoms with E-state index < -0.39 is 223 Å². The van der Waals surface area contributed by atoms with Crippen LogP contribution < -0.4 is 16.0 Å². The molecule has 3 aliphatic heterocycles. The lowest BCUT2D eigenvalue weighted by Crippen LogP contribution is -2.65. The number of amides is 13. The molecule has 1 spiro atoms. The van der Waals surface area contributed by atoms with Gasteiger partial charge in [0.25, 0.3) is 5.92 Å². The SMILES string of the molecule is CC[C@H](C)[C@@H]1NC(=O)[C@H](CC(C)C)N(C)C(=O)C[C@@H](C(=O)N(C)C)N(C)C(=O)[C@H](C2CCCC2)N(C)C(=O)C2(CCCC2)NC(=O)[C@H](CC(=O)N2CCC(F)(F)CC2)N(C)C(=O)[C@H](CCC2CCC(C(F)(F)F)C(Cl)C2)NC(=O)CN(C)C(=O)[C@H](CC2CCCCC2)N(C)C(=O)[C@@H]2CCN2C(=O)[C@H](C)N(C)C1=O. The van der Waals surface area contributed by atoms with Crippen molar-refractivity contribution in [2.24, 2.45) is 35.5 Å². The Morgan fingerprint density at radius 2 is 1.22 bits per heavy atom. The van der Waals surface area contributed by atoms with Crippen LogP contribution in [0.4, 0.5) is 22.0 Å². The topological polar surface area (TPSA) is 290 Å². The van der Waals surface area contributed by atoms with Gasteiger partial charge in [-0.3, -0.25) is 62.3 Å². The molecule has 26 nitrogen and oxygen atoms in total. The Morgan fingerprint density at radius 3 is 1.78 bits per heavy atom. The first-order valence-corrected chi connectivity index (χ1v) is 39.6. The van der Waals surface area contributed by atoms with Crippen LogP contribution in [-0.2, 0) is 62.3 Å². The Labute approximate surface area is 639 Å². The number of nitrogens with one attached hydrogen (secondary N) is 3. The lowest BCUT2D eigenvalue weighted by atomic mass is 9.78. The Kier molecular flexibility index (Phi) is 30.9. The summed E-state index contributed by atoms with van der Waals surface area (Å²) in [7, 11) is 12.4. The molecule has 0 radical (unpaired) electrons. The molecule has 610 valence electrons. The van der Waals surface area contributed by atoms with E-state index in [0.29, 0.717) is 44.9 Å². The first-order valence-electron chi connectivity index (χ1n) is 39.2. The van der Waals surface area contributed by atoms with Gasteiger partial charge in [0.05, 0.1) is 25.3 Å². The van der Waals surface area contributed by atoms with Crippen molar-refractivity contribution in [3.8, 4) is 0 Å². The second kappa shape index (κ2) is 37.8. The minimum atomic E-state index is -4.59. The molecule has 0 aromatic rings. The van der Waals surface area contributed by atoms with E-state index >= 15 is 24.0 Å². The van der Waals surface area contributed by atoms with E-state index in [1.165, 1.54) is 99.8 Å². The summed E-state index contributed by atoms with van der Waals surface area (Å²) in [6.45, 7) is 7.30. The Hall–Kier alpha value is -6.95. The van der Waals surface area contributed by atoms with Crippen molar-refractivity contribution in [1.29, 1.82) is 0 Å². The van der Waals surface area contributed by atoms with Crippen molar-refractivity contribution in [1.82, 2.24) is 64.9 Å². The number of fused-ring (bicyclic) bond motifs is 1. The molecule has 3 saturated heterocycles. The zero-order chi connectivity index (χ0) is 80.4. The maximum absolute atomic E-state index is 15.8. The standard InChI is InChI=1S/C76H121ClF5N13O13/c1-15-46(4)62-71(106)88(9)47(5)66(101)95-36-31-54(95)70(105)91(12)57(41-48-23-17-16-18-24-48)69(104)87(8)44-59(96)83-53(30-28-49-27-29-51(52(77)40-49)76(80,81)82)67(102)90(11)56(42-61(98)94-37-34-75(78,79)35-38-94)65(100)85-74(32-21-22-33-74)73(108)93(14)63(50-25-19-20-26-50)72(107)92(13)58(68(103)86(6)7)43-60(97)89(10)55(39-45(2)3)64(99)84-62/h45-58,62-63H,15-44H2,1-14H3,(H,83,96)(H,84,99)(H,85,100)/t46-,47-,49?,51?,52?,53-,54-,55-,56-,57-,58-,62-,63-/m0/s1. The van der Waals surface area contributed by atoms with Crippen molar-refractivity contribution in [3.63, 3.8) is 0 Å². The zero-order valence-electron chi connectivity index (χ0n) is 66.0.